The lowest BCUT2D eigenvalue weighted by Crippen LogP contribution is -2.45. The van der Waals surface area contributed by atoms with Crippen LogP contribution < -0.4 is 0 Å². The molecule has 122 valence electrons. The minimum Gasteiger partial charge on any atom is -0.432 e. The predicted octanol–water partition coefficient (Wildman–Crippen LogP) is 1.27. The molecular weight excluding hydrogens is 286 g/mol. The molecule has 2 heterocycles. The van der Waals surface area contributed by atoms with E-state index < -0.39 is 20.5 Å². The topological polar surface area (TPSA) is 73.2 Å². The van der Waals surface area contributed by atoms with Gasteiger partial charge in [0.05, 0.1) is 12.7 Å². The second-order valence-corrected chi connectivity index (χ2v) is 11.9. The predicted molar refractivity (Wildman–Crippen MR) is 84.1 cm³/mol. The highest BCUT2D eigenvalue weighted by Gasteiger charge is 2.50. The number of ether oxygens (including phenoxy) is 1. The van der Waals surface area contributed by atoms with Crippen molar-refractivity contribution in [3.63, 3.8) is 0 Å². The van der Waals surface area contributed by atoms with Crippen LogP contribution in [0, 0.1) is 5.92 Å². The number of hydrogen-bond acceptors (Lipinski definition) is 5. The highest BCUT2D eigenvalue weighted by molar-refractivity contribution is 6.72. The molecule has 4 atom stereocenters. The maximum absolute atomic E-state index is 10.5. The van der Waals surface area contributed by atoms with E-state index in [0.29, 0.717) is 6.42 Å². The molecule has 0 saturated carbocycles. The van der Waals surface area contributed by atoms with Crippen LogP contribution in [0.5, 0.6) is 0 Å². The van der Waals surface area contributed by atoms with Crippen LogP contribution in [0.25, 0.3) is 0 Å². The molecule has 0 aromatic carbocycles. The van der Waals surface area contributed by atoms with Gasteiger partial charge in [-0.15, -0.1) is 0 Å². The Balaban J connectivity index is 2.18. The second-order valence-electron chi connectivity index (χ2n) is 7.46. The zero-order valence-electron chi connectivity index (χ0n) is 13.5. The standard InChI is InChI=1S/C15H29NO4Si/c1-15(2,21(3,4)19)9-11-13(18)12(10-17)20-14(11)16-7-5-6-8-16/h5,7,11-14,17-19H,6,8-10H2,1-4H3/t11-,12+,13?,14+/m0/s1. The highest BCUT2D eigenvalue weighted by Crippen LogP contribution is 2.46. The van der Waals surface area contributed by atoms with E-state index in [-0.39, 0.29) is 23.8 Å². The molecule has 5 nitrogen and oxygen atoms in total. The first-order valence-electron chi connectivity index (χ1n) is 7.76. The lowest BCUT2D eigenvalue weighted by atomic mass is 9.89. The molecule has 0 aliphatic carbocycles. The Morgan fingerprint density at radius 1 is 1.38 bits per heavy atom. The summed E-state index contributed by atoms with van der Waals surface area (Å²) in [4.78, 5) is 12.6. The summed E-state index contributed by atoms with van der Waals surface area (Å²) in [5, 5.41) is 19.7. The molecule has 21 heavy (non-hydrogen) atoms. The van der Waals surface area contributed by atoms with Crippen molar-refractivity contribution in [3.05, 3.63) is 12.3 Å². The van der Waals surface area contributed by atoms with Crippen LogP contribution in [0.4, 0.5) is 0 Å². The Hall–Kier alpha value is -0.403. The third-order valence-electron chi connectivity index (χ3n) is 5.26. The second kappa shape index (κ2) is 6.00. The first kappa shape index (κ1) is 17.0. The molecule has 0 bridgehead atoms. The number of rotatable bonds is 5. The van der Waals surface area contributed by atoms with Gasteiger partial charge in [0.1, 0.15) is 12.3 Å². The van der Waals surface area contributed by atoms with E-state index in [2.05, 4.69) is 24.8 Å². The summed E-state index contributed by atoms with van der Waals surface area (Å²) in [7, 11) is -2.35. The lowest BCUT2D eigenvalue weighted by Gasteiger charge is -2.40. The summed E-state index contributed by atoms with van der Waals surface area (Å²) in [6.45, 7) is 8.70. The summed E-state index contributed by atoms with van der Waals surface area (Å²) in [6.07, 6.45) is 4.34. The summed E-state index contributed by atoms with van der Waals surface area (Å²) in [5.41, 5.74) is 0. The monoisotopic (exact) mass is 315 g/mol. The maximum Gasteiger partial charge on any atom is 0.188 e. The summed E-state index contributed by atoms with van der Waals surface area (Å²) < 4.78 is 5.89. The van der Waals surface area contributed by atoms with E-state index in [9.17, 15) is 15.0 Å². The summed E-state index contributed by atoms with van der Waals surface area (Å²) >= 11 is 0. The molecule has 2 aliphatic heterocycles. The molecule has 0 aromatic heterocycles. The van der Waals surface area contributed by atoms with E-state index >= 15 is 0 Å². The molecule has 1 saturated heterocycles. The minimum atomic E-state index is -2.35. The third kappa shape index (κ3) is 3.34. The molecule has 1 unspecified atom stereocenters. The molecule has 0 spiro atoms. The van der Waals surface area contributed by atoms with E-state index in [4.69, 9.17) is 4.74 Å². The maximum atomic E-state index is 10.5. The van der Waals surface area contributed by atoms with Crippen LogP contribution in [-0.2, 0) is 4.74 Å². The third-order valence-corrected chi connectivity index (χ3v) is 8.78. The quantitative estimate of drug-likeness (QED) is 0.666. The van der Waals surface area contributed by atoms with E-state index in [1.807, 2.05) is 19.3 Å². The fraction of sp³-hybridized carbons (Fsp3) is 0.867. The average Bonchev–Trinajstić information content (AvgIpc) is 2.97. The average molecular weight is 315 g/mol. The van der Waals surface area contributed by atoms with Gasteiger partial charge in [-0.1, -0.05) is 19.9 Å². The minimum absolute atomic E-state index is 0.0983. The Morgan fingerprint density at radius 3 is 2.52 bits per heavy atom. The van der Waals surface area contributed by atoms with Gasteiger partial charge in [0.2, 0.25) is 0 Å². The largest absolute Gasteiger partial charge is 0.432 e. The van der Waals surface area contributed by atoms with Crippen molar-refractivity contribution in [2.24, 2.45) is 5.92 Å². The molecular formula is C15H29NO4Si. The van der Waals surface area contributed by atoms with Gasteiger partial charge in [0.25, 0.3) is 0 Å². The zero-order valence-corrected chi connectivity index (χ0v) is 14.5. The first-order chi connectivity index (χ1) is 9.67. The van der Waals surface area contributed by atoms with Gasteiger partial charge >= 0.3 is 0 Å². The normalized spacial score (nSPS) is 34.0. The van der Waals surface area contributed by atoms with Crippen molar-refractivity contribution in [2.45, 2.75) is 63.3 Å². The number of nitrogens with zero attached hydrogens (tertiary/aromatic N) is 1. The van der Waals surface area contributed by atoms with Gasteiger partial charge < -0.3 is 24.6 Å². The Kier molecular flexibility index (Phi) is 4.85. The van der Waals surface area contributed by atoms with Crippen LogP contribution in [0.1, 0.15) is 26.7 Å². The van der Waals surface area contributed by atoms with Crippen LogP contribution in [0.15, 0.2) is 12.3 Å². The summed E-state index contributed by atoms with van der Waals surface area (Å²) in [6, 6.07) is 0. The van der Waals surface area contributed by atoms with Gasteiger partial charge in [-0.2, -0.15) is 0 Å². The van der Waals surface area contributed by atoms with Crippen molar-refractivity contribution in [3.8, 4) is 0 Å². The SMILES string of the molecule is CC(C)(C[C@H]1C(O)[C@@H](CO)O[C@H]1N1C=CCC1)[Si](C)(C)O. The smallest absolute Gasteiger partial charge is 0.188 e. The molecule has 0 amide bonds. The van der Waals surface area contributed by atoms with Crippen LogP contribution in [0.3, 0.4) is 0 Å². The molecule has 2 rings (SSSR count). The van der Waals surface area contributed by atoms with Gasteiger partial charge in [-0.25, -0.2) is 0 Å². The van der Waals surface area contributed by atoms with Crippen molar-refractivity contribution >= 4 is 8.32 Å². The number of aliphatic hydroxyl groups excluding tert-OH is 2. The lowest BCUT2D eigenvalue weighted by molar-refractivity contribution is -0.0671. The van der Waals surface area contributed by atoms with Crippen molar-refractivity contribution < 1.29 is 19.7 Å². The Bertz CT molecular complexity index is 394. The molecule has 0 aromatic rings. The van der Waals surface area contributed by atoms with Crippen LogP contribution in [-0.4, -0.2) is 59.8 Å². The van der Waals surface area contributed by atoms with E-state index in [1.165, 1.54) is 0 Å². The first-order valence-corrected chi connectivity index (χ1v) is 10.7. The van der Waals surface area contributed by atoms with E-state index in [1.54, 1.807) is 0 Å². The molecule has 3 N–H and O–H groups in total. The molecule has 2 aliphatic rings. The Labute approximate surface area is 128 Å². The summed E-state index contributed by atoms with van der Waals surface area (Å²) in [5.74, 6) is -0.0983. The molecule has 6 heteroatoms. The van der Waals surface area contributed by atoms with Gasteiger partial charge in [0, 0.05) is 12.5 Å². The Morgan fingerprint density at radius 2 is 2.05 bits per heavy atom. The fourth-order valence-electron chi connectivity index (χ4n) is 3.06. The zero-order chi connectivity index (χ0) is 15.8. The molecule has 0 radical (unpaired) electrons. The van der Waals surface area contributed by atoms with Crippen LogP contribution >= 0.6 is 0 Å². The van der Waals surface area contributed by atoms with Gasteiger partial charge in [-0.05, 0) is 37.2 Å². The molecule has 1 fully saturated rings. The van der Waals surface area contributed by atoms with Crippen molar-refractivity contribution in [1.29, 1.82) is 0 Å². The van der Waals surface area contributed by atoms with E-state index in [0.717, 1.165) is 13.0 Å². The van der Waals surface area contributed by atoms with Gasteiger partial charge in [0.15, 0.2) is 8.32 Å². The van der Waals surface area contributed by atoms with Gasteiger partial charge in [-0.3, -0.25) is 0 Å². The number of aliphatic hydroxyl groups is 2. The van der Waals surface area contributed by atoms with Crippen molar-refractivity contribution in [1.82, 2.24) is 4.90 Å². The van der Waals surface area contributed by atoms with Crippen LogP contribution in [0.2, 0.25) is 18.1 Å². The highest BCUT2D eigenvalue weighted by atomic mass is 28.4. The fourth-order valence-corrected chi connectivity index (χ4v) is 3.80. The van der Waals surface area contributed by atoms with Crippen molar-refractivity contribution in [2.75, 3.05) is 13.2 Å². The number of hydrogen-bond donors (Lipinski definition) is 3.